The summed E-state index contributed by atoms with van der Waals surface area (Å²) in [6.07, 6.45) is -0.713. The first kappa shape index (κ1) is 14.8. The van der Waals surface area contributed by atoms with Gasteiger partial charge in [-0.05, 0) is 12.5 Å². The van der Waals surface area contributed by atoms with Gasteiger partial charge < -0.3 is 5.11 Å². The molecule has 6 heteroatoms. The van der Waals surface area contributed by atoms with E-state index in [0.717, 1.165) is 16.2 Å². The smallest absolute Gasteiger partial charge is 0.372 e. The number of benzene rings is 1. The van der Waals surface area contributed by atoms with Gasteiger partial charge in [0.1, 0.15) is 0 Å². The molecule has 6 nitrogen and oxygen atoms in total. The van der Waals surface area contributed by atoms with E-state index in [1.165, 1.54) is 7.11 Å². The van der Waals surface area contributed by atoms with Crippen molar-refractivity contribution < 1.29 is 24.3 Å². The Morgan fingerprint density at radius 2 is 1.79 bits per heavy atom. The normalized spacial score (nSPS) is 10.0. The van der Waals surface area contributed by atoms with Gasteiger partial charge in [0.15, 0.2) is 0 Å². The number of hydrogen-bond acceptors (Lipinski definition) is 4. The topological polar surface area (TPSA) is 83.9 Å². The van der Waals surface area contributed by atoms with Crippen LogP contribution in [0.5, 0.6) is 0 Å². The number of amides is 1. The summed E-state index contributed by atoms with van der Waals surface area (Å²) >= 11 is 0. The minimum absolute atomic E-state index is 0.155. The Bertz CT molecular complexity index is 480. The number of hydroxylamine groups is 2. The molecule has 1 aromatic carbocycles. The Hall–Kier alpha value is -2.21. The molecule has 0 fully saturated rings. The van der Waals surface area contributed by atoms with Gasteiger partial charge in [-0.2, -0.15) is 0 Å². The lowest BCUT2D eigenvalue weighted by Gasteiger charge is -2.19. The molecule has 1 N–H and O–H groups in total. The lowest BCUT2D eigenvalue weighted by atomic mass is 10.1. The SMILES string of the molecule is CON(Cc1ccc(C)cc1)C(=O)CC(=O)C(=O)O. The molecule has 1 amide bonds. The summed E-state index contributed by atoms with van der Waals surface area (Å²) in [5.74, 6) is -3.47. The maximum Gasteiger partial charge on any atom is 0.372 e. The molecule has 0 aromatic heterocycles. The van der Waals surface area contributed by atoms with Crippen LogP contribution in [0.2, 0.25) is 0 Å². The molecule has 19 heavy (non-hydrogen) atoms. The van der Waals surface area contributed by atoms with Crippen LogP contribution in [0.1, 0.15) is 17.5 Å². The molecule has 0 radical (unpaired) electrons. The van der Waals surface area contributed by atoms with E-state index in [1.54, 1.807) is 0 Å². The molecule has 0 saturated heterocycles. The Labute approximate surface area is 110 Å². The predicted molar refractivity (Wildman–Crippen MR) is 66.0 cm³/mol. The van der Waals surface area contributed by atoms with Crippen LogP contribution < -0.4 is 0 Å². The molecule has 0 aliphatic heterocycles. The number of carboxylic acids is 1. The lowest BCUT2D eigenvalue weighted by molar-refractivity contribution is -0.180. The second kappa shape index (κ2) is 6.65. The molecule has 1 aromatic rings. The first-order chi connectivity index (χ1) is 8.93. The summed E-state index contributed by atoms with van der Waals surface area (Å²) in [5, 5.41) is 9.41. The minimum atomic E-state index is -1.63. The molecular formula is C13H15NO5. The van der Waals surface area contributed by atoms with Gasteiger partial charge in [-0.1, -0.05) is 29.8 Å². The summed E-state index contributed by atoms with van der Waals surface area (Å²) in [7, 11) is 1.29. The van der Waals surface area contributed by atoms with Gasteiger partial charge in [0.25, 0.3) is 5.91 Å². The number of ketones is 1. The van der Waals surface area contributed by atoms with Crippen LogP contribution in [0.25, 0.3) is 0 Å². The molecule has 0 bridgehead atoms. The number of Topliss-reactive ketones (excluding diaryl/α,β-unsaturated/α-hetero) is 1. The highest BCUT2D eigenvalue weighted by atomic mass is 16.7. The maximum atomic E-state index is 11.7. The van der Waals surface area contributed by atoms with Crippen molar-refractivity contribution in [2.75, 3.05) is 7.11 Å². The second-order valence-corrected chi connectivity index (χ2v) is 4.00. The van der Waals surface area contributed by atoms with Gasteiger partial charge in [0, 0.05) is 0 Å². The van der Waals surface area contributed by atoms with Crippen molar-refractivity contribution in [1.82, 2.24) is 5.06 Å². The first-order valence-corrected chi connectivity index (χ1v) is 5.60. The highest BCUT2D eigenvalue weighted by molar-refractivity contribution is 6.36. The molecule has 0 unspecified atom stereocenters. The summed E-state index contributed by atoms with van der Waals surface area (Å²) in [6.45, 7) is 2.09. The molecule has 102 valence electrons. The van der Waals surface area contributed by atoms with Crippen molar-refractivity contribution in [1.29, 1.82) is 0 Å². The van der Waals surface area contributed by atoms with Crippen molar-refractivity contribution in [3.8, 4) is 0 Å². The Balaban J connectivity index is 2.67. The zero-order valence-corrected chi connectivity index (χ0v) is 10.8. The van der Waals surface area contributed by atoms with Crippen molar-refractivity contribution in [2.24, 2.45) is 0 Å². The molecule has 1 rings (SSSR count). The van der Waals surface area contributed by atoms with E-state index in [2.05, 4.69) is 0 Å². The lowest BCUT2D eigenvalue weighted by Crippen LogP contribution is -2.32. The van der Waals surface area contributed by atoms with Gasteiger partial charge in [0.05, 0.1) is 20.1 Å². The van der Waals surface area contributed by atoms with Crippen molar-refractivity contribution in [2.45, 2.75) is 19.9 Å². The fraction of sp³-hybridized carbons (Fsp3) is 0.308. The standard InChI is InChI=1S/C13H15NO5/c1-9-3-5-10(6-4-9)8-14(19-2)12(16)7-11(15)13(17)18/h3-6H,7-8H2,1-2H3,(H,17,18). The average molecular weight is 265 g/mol. The second-order valence-electron chi connectivity index (χ2n) is 4.00. The fourth-order valence-electron chi connectivity index (χ4n) is 1.41. The molecule has 0 aliphatic rings. The van der Waals surface area contributed by atoms with E-state index in [9.17, 15) is 14.4 Å². The highest BCUT2D eigenvalue weighted by Gasteiger charge is 2.21. The van der Waals surface area contributed by atoms with E-state index in [-0.39, 0.29) is 6.54 Å². The molecule has 0 aliphatic carbocycles. The maximum absolute atomic E-state index is 11.7. The van der Waals surface area contributed by atoms with Crippen LogP contribution >= 0.6 is 0 Å². The summed E-state index contributed by atoms with van der Waals surface area (Å²) in [4.78, 5) is 37.9. The number of carbonyl (C=O) groups excluding carboxylic acids is 2. The van der Waals surface area contributed by atoms with E-state index in [0.29, 0.717) is 0 Å². The fourth-order valence-corrected chi connectivity index (χ4v) is 1.41. The number of nitrogens with zero attached hydrogens (tertiary/aromatic N) is 1. The quantitative estimate of drug-likeness (QED) is 0.470. The molecule has 0 saturated carbocycles. The van der Waals surface area contributed by atoms with Gasteiger partial charge in [-0.25, -0.2) is 9.86 Å². The number of carbonyl (C=O) groups is 3. The van der Waals surface area contributed by atoms with E-state index in [4.69, 9.17) is 9.94 Å². The predicted octanol–water partition coefficient (Wildman–Crippen LogP) is 0.929. The van der Waals surface area contributed by atoms with Crippen LogP contribution in [0, 0.1) is 6.92 Å². The molecule has 0 heterocycles. The van der Waals surface area contributed by atoms with Crippen LogP contribution in [0.3, 0.4) is 0 Å². The summed E-state index contributed by atoms with van der Waals surface area (Å²) in [5.41, 5.74) is 1.91. The average Bonchev–Trinajstić information content (AvgIpc) is 2.37. The van der Waals surface area contributed by atoms with Crippen molar-refractivity contribution in [3.05, 3.63) is 35.4 Å². The first-order valence-electron chi connectivity index (χ1n) is 5.60. The third-order valence-electron chi connectivity index (χ3n) is 2.50. The Morgan fingerprint density at radius 1 is 1.21 bits per heavy atom. The zero-order valence-electron chi connectivity index (χ0n) is 10.8. The number of aliphatic carboxylic acids is 1. The third kappa shape index (κ3) is 4.51. The highest BCUT2D eigenvalue weighted by Crippen LogP contribution is 2.08. The van der Waals surface area contributed by atoms with Crippen molar-refractivity contribution in [3.63, 3.8) is 0 Å². The van der Waals surface area contributed by atoms with Crippen LogP contribution in [-0.4, -0.2) is 34.9 Å². The monoisotopic (exact) mass is 265 g/mol. The van der Waals surface area contributed by atoms with Gasteiger partial charge in [-0.3, -0.25) is 14.4 Å². The van der Waals surface area contributed by atoms with E-state index < -0.39 is 24.1 Å². The van der Waals surface area contributed by atoms with Crippen LogP contribution in [0.15, 0.2) is 24.3 Å². The number of carboxylic acid groups (broad SMARTS) is 1. The Morgan fingerprint density at radius 3 is 2.26 bits per heavy atom. The van der Waals surface area contributed by atoms with Crippen LogP contribution in [0.4, 0.5) is 0 Å². The van der Waals surface area contributed by atoms with Crippen LogP contribution in [-0.2, 0) is 25.8 Å². The van der Waals surface area contributed by atoms with Gasteiger partial charge in [0.2, 0.25) is 5.78 Å². The number of aryl methyl sites for hydroxylation is 1. The number of hydrogen-bond donors (Lipinski definition) is 1. The van der Waals surface area contributed by atoms with E-state index >= 15 is 0 Å². The molecule has 0 spiro atoms. The van der Waals surface area contributed by atoms with E-state index in [1.807, 2.05) is 31.2 Å². The largest absolute Gasteiger partial charge is 0.475 e. The van der Waals surface area contributed by atoms with Crippen molar-refractivity contribution >= 4 is 17.7 Å². The minimum Gasteiger partial charge on any atom is -0.475 e. The summed E-state index contributed by atoms with van der Waals surface area (Å²) < 4.78 is 0. The zero-order chi connectivity index (χ0) is 14.4. The summed E-state index contributed by atoms with van der Waals surface area (Å²) in [6, 6.07) is 7.42. The van der Waals surface area contributed by atoms with Gasteiger partial charge in [-0.15, -0.1) is 0 Å². The van der Waals surface area contributed by atoms with Gasteiger partial charge >= 0.3 is 5.97 Å². The molecule has 0 atom stereocenters. The number of rotatable bonds is 6. The molecular weight excluding hydrogens is 250 g/mol. The Kier molecular flexibility index (Phi) is 5.20. The third-order valence-corrected chi connectivity index (χ3v) is 2.50.